The number of rotatable bonds is 8. The Bertz CT molecular complexity index is 616. The van der Waals surface area contributed by atoms with E-state index in [0.717, 1.165) is 55.6 Å². The molecule has 0 aromatic carbocycles. The van der Waals surface area contributed by atoms with Crippen LogP contribution in [0.1, 0.15) is 29.6 Å². The Hall–Kier alpha value is -1.89. The van der Waals surface area contributed by atoms with E-state index in [9.17, 15) is 0 Å². The van der Waals surface area contributed by atoms with Crippen LogP contribution in [0.15, 0.2) is 22.8 Å². The van der Waals surface area contributed by atoms with E-state index in [4.69, 9.17) is 0 Å². The normalized spacial score (nSPS) is 11.7. The maximum Gasteiger partial charge on any atom is 0.191 e. The van der Waals surface area contributed by atoms with Crippen LogP contribution in [0.5, 0.6) is 0 Å². The molecule has 0 atom stereocenters. The topological polar surface area (TPSA) is 67.1 Å². The van der Waals surface area contributed by atoms with E-state index in [-0.39, 0.29) is 0 Å². The van der Waals surface area contributed by atoms with Gasteiger partial charge in [-0.15, -0.1) is 11.3 Å². The first-order valence-electron chi connectivity index (χ1n) is 8.08. The lowest BCUT2D eigenvalue weighted by atomic mass is 10.2. The molecule has 0 bridgehead atoms. The molecule has 23 heavy (non-hydrogen) atoms. The second-order valence-corrected chi connectivity index (χ2v) is 6.48. The maximum absolute atomic E-state index is 4.62. The number of nitrogens with zero attached hydrogens (tertiary/aromatic N) is 4. The fourth-order valence-corrected chi connectivity index (χ4v) is 2.90. The summed E-state index contributed by atoms with van der Waals surface area (Å²) in [5.41, 5.74) is 2.41. The van der Waals surface area contributed by atoms with Crippen LogP contribution >= 0.6 is 11.3 Å². The Kier molecular flexibility index (Phi) is 7.06. The van der Waals surface area contributed by atoms with E-state index in [1.165, 1.54) is 5.56 Å². The number of aliphatic imine (C=N–C) groups is 1. The second kappa shape index (κ2) is 9.29. The molecule has 2 heterocycles. The standard InChI is InChI=1S/C16H26N6S/c1-4-17-16(19-9-7-15-12-23-13(2)21-15)18-8-5-6-14-10-20-22(3)11-14/h10-12H,4-9H2,1-3H3,(H2,17,18,19). The minimum absolute atomic E-state index is 0.806. The first kappa shape index (κ1) is 17.5. The molecule has 2 aromatic heterocycles. The molecule has 0 amide bonds. The van der Waals surface area contributed by atoms with Crippen molar-refractivity contribution < 1.29 is 0 Å². The second-order valence-electron chi connectivity index (χ2n) is 5.42. The number of thiazole rings is 1. The molecule has 2 rings (SSSR count). The lowest BCUT2D eigenvalue weighted by molar-refractivity contribution is 0.762. The van der Waals surface area contributed by atoms with E-state index in [1.54, 1.807) is 11.3 Å². The number of nitrogens with one attached hydrogen (secondary N) is 2. The van der Waals surface area contributed by atoms with E-state index >= 15 is 0 Å². The largest absolute Gasteiger partial charge is 0.357 e. The highest BCUT2D eigenvalue weighted by Crippen LogP contribution is 2.07. The van der Waals surface area contributed by atoms with Crippen LogP contribution in [0.3, 0.4) is 0 Å². The van der Waals surface area contributed by atoms with Gasteiger partial charge in [0.1, 0.15) is 0 Å². The minimum Gasteiger partial charge on any atom is -0.357 e. The van der Waals surface area contributed by atoms with Gasteiger partial charge in [0.2, 0.25) is 0 Å². The SMILES string of the molecule is CCNC(=NCCCc1cnn(C)c1)NCCc1csc(C)n1. The predicted octanol–water partition coefficient (Wildman–Crippen LogP) is 1.92. The minimum atomic E-state index is 0.806. The van der Waals surface area contributed by atoms with Crippen molar-refractivity contribution in [3.05, 3.63) is 34.0 Å². The summed E-state index contributed by atoms with van der Waals surface area (Å²) in [7, 11) is 1.94. The molecular weight excluding hydrogens is 308 g/mol. The number of aromatic nitrogens is 3. The fourth-order valence-electron chi connectivity index (χ4n) is 2.25. The van der Waals surface area contributed by atoms with Crippen molar-refractivity contribution in [1.29, 1.82) is 0 Å². The van der Waals surface area contributed by atoms with Gasteiger partial charge in [0.25, 0.3) is 0 Å². The zero-order valence-corrected chi connectivity index (χ0v) is 15.0. The smallest absolute Gasteiger partial charge is 0.191 e. The van der Waals surface area contributed by atoms with Crippen LogP contribution in [-0.4, -0.2) is 40.4 Å². The molecule has 0 unspecified atom stereocenters. The van der Waals surface area contributed by atoms with Gasteiger partial charge in [0.05, 0.1) is 16.9 Å². The third-order valence-corrected chi connectivity index (χ3v) is 4.16. The highest BCUT2D eigenvalue weighted by Gasteiger charge is 2.01. The molecule has 0 fully saturated rings. The summed E-state index contributed by atoms with van der Waals surface area (Å²) in [6.07, 6.45) is 6.93. The quantitative estimate of drug-likeness (QED) is 0.440. The zero-order chi connectivity index (χ0) is 16.5. The molecule has 0 aliphatic carbocycles. The van der Waals surface area contributed by atoms with Crippen molar-refractivity contribution in [3.8, 4) is 0 Å². The predicted molar refractivity (Wildman–Crippen MR) is 96.1 cm³/mol. The van der Waals surface area contributed by atoms with Gasteiger partial charge in [-0.05, 0) is 32.3 Å². The summed E-state index contributed by atoms with van der Waals surface area (Å²) in [4.78, 5) is 9.10. The molecule has 0 spiro atoms. The Morgan fingerprint density at radius 3 is 2.87 bits per heavy atom. The van der Waals surface area contributed by atoms with Crippen LogP contribution in [0.25, 0.3) is 0 Å². The van der Waals surface area contributed by atoms with Crippen LogP contribution in [0, 0.1) is 6.92 Å². The van der Waals surface area contributed by atoms with Crippen LogP contribution in [-0.2, 0) is 19.9 Å². The summed E-state index contributed by atoms with van der Waals surface area (Å²) in [6, 6.07) is 0. The average molecular weight is 334 g/mol. The first-order valence-corrected chi connectivity index (χ1v) is 8.96. The number of aryl methyl sites for hydroxylation is 3. The third kappa shape index (κ3) is 6.40. The summed E-state index contributed by atoms with van der Waals surface area (Å²) < 4.78 is 1.84. The number of hydrogen-bond acceptors (Lipinski definition) is 4. The molecule has 0 aliphatic heterocycles. The third-order valence-electron chi connectivity index (χ3n) is 3.34. The summed E-state index contributed by atoms with van der Waals surface area (Å²) in [5, 5.41) is 14.1. The summed E-state index contributed by atoms with van der Waals surface area (Å²) in [6.45, 7) is 6.63. The van der Waals surface area contributed by atoms with Crippen molar-refractivity contribution in [1.82, 2.24) is 25.4 Å². The Balaban J connectivity index is 1.70. The molecule has 2 N–H and O–H groups in total. The van der Waals surface area contributed by atoms with Crippen LogP contribution in [0.2, 0.25) is 0 Å². The molecular formula is C16H26N6S. The molecule has 0 aliphatic rings. The van der Waals surface area contributed by atoms with Crippen molar-refractivity contribution in [2.24, 2.45) is 12.0 Å². The van der Waals surface area contributed by atoms with Crippen molar-refractivity contribution in [3.63, 3.8) is 0 Å². The highest BCUT2D eigenvalue weighted by molar-refractivity contribution is 7.09. The van der Waals surface area contributed by atoms with Gasteiger partial charge in [-0.1, -0.05) is 0 Å². The van der Waals surface area contributed by atoms with Gasteiger partial charge < -0.3 is 10.6 Å². The van der Waals surface area contributed by atoms with Crippen LogP contribution < -0.4 is 10.6 Å². The van der Waals surface area contributed by atoms with Crippen LogP contribution in [0.4, 0.5) is 0 Å². The van der Waals surface area contributed by atoms with Gasteiger partial charge in [0.15, 0.2) is 5.96 Å². The molecule has 6 nitrogen and oxygen atoms in total. The molecule has 0 radical (unpaired) electrons. The van der Waals surface area contributed by atoms with Gasteiger partial charge in [-0.2, -0.15) is 5.10 Å². The summed E-state index contributed by atoms with van der Waals surface area (Å²) >= 11 is 1.70. The van der Waals surface area contributed by atoms with E-state index in [0.29, 0.717) is 0 Å². The molecule has 0 saturated heterocycles. The monoisotopic (exact) mass is 334 g/mol. The number of hydrogen-bond donors (Lipinski definition) is 2. The van der Waals surface area contributed by atoms with Crippen molar-refractivity contribution in [2.45, 2.75) is 33.1 Å². The zero-order valence-electron chi connectivity index (χ0n) is 14.2. The van der Waals surface area contributed by atoms with Crippen molar-refractivity contribution >= 4 is 17.3 Å². The van der Waals surface area contributed by atoms with Gasteiger partial charge in [-0.25, -0.2) is 4.98 Å². The molecule has 7 heteroatoms. The highest BCUT2D eigenvalue weighted by atomic mass is 32.1. The number of guanidine groups is 1. The maximum atomic E-state index is 4.62. The Morgan fingerprint density at radius 1 is 1.35 bits per heavy atom. The van der Waals surface area contributed by atoms with E-state index in [1.807, 2.05) is 24.9 Å². The summed E-state index contributed by atoms with van der Waals surface area (Å²) in [5.74, 6) is 0.880. The lowest BCUT2D eigenvalue weighted by Crippen LogP contribution is -2.38. The lowest BCUT2D eigenvalue weighted by Gasteiger charge is -2.10. The molecule has 2 aromatic rings. The van der Waals surface area contributed by atoms with Gasteiger partial charge in [0, 0.05) is 44.7 Å². The van der Waals surface area contributed by atoms with E-state index < -0.39 is 0 Å². The van der Waals surface area contributed by atoms with Gasteiger partial charge in [-0.3, -0.25) is 9.67 Å². The Morgan fingerprint density at radius 2 is 2.22 bits per heavy atom. The first-order chi connectivity index (χ1) is 11.2. The van der Waals surface area contributed by atoms with E-state index in [2.05, 4.69) is 44.2 Å². The molecule has 0 saturated carbocycles. The molecule has 126 valence electrons. The van der Waals surface area contributed by atoms with Crippen molar-refractivity contribution in [2.75, 3.05) is 19.6 Å². The Labute approximate surface area is 142 Å². The van der Waals surface area contributed by atoms with Gasteiger partial charge >= 0.3 is 0 Å². The average Bonchev–Trinajstić information content (AvgIpc) is 3.12. The fraction of sp³-hybridized carbons (Fsp3) is 0.562.